The number of carbonyl (C=O) groups excluding carboxylic acids is 2. The molecule has 0 spiro atoms. The van der Waals surface area contributed by atoms with Gasteiger partial charge in [-0.15, -0.1) is 0 Å². The van der Waals surface area contributed by atoms with Gasteiger partial charge in [0.2, 0.25) is 11.8 Å². The Bertz CT molecular complexity index is 1530. The van der Waals surface area contributed by atoms with Gasteiger partial charge in [0.1, 0.15) is 18.3 Å². The molecule has 0 aliphatic heterocycles. The SMILES string of the molecule is CCC(C(=O)NC1CCCC1)N(Cc1ccc(OC)cc1)C(=O)CN(c1cccc(C(F)(F)F)c1)S(=O)(=O)c1ccccc1. The number of benzene rings is 3. The third-order valence-electron chi connectivity index (χ3n) is 7.67. The Kier molecular flexibility index (Phi) is 10.6. The summed E-state index contributed by atoms with van der Waals surface area (Å²) in [7, 11) is -2.98. The molecule has 3 aromatic rings. The van der Waals surface area contributed by atoms with Crippen molar-refractivity contribution in [1.82, 2.24) is 10.2 Å². The van der Waals surface area contributed by atoms with E-state index < -0.39 is 40.3 Å². The average molecular weight is 632 g/mol. The molecule has 0 saturated heterocycles. The first-order valence-corrected chi connectivity index (χ1v) is 15.9. The molecule has 3 aromatic carbocycles. The maximum Gasteiger partial charge on any atom is 0.416 e. The van der Waals surface area contributed by atoms with Gasteiger partial charge in [0.25, 0.3) is 10.0 Å². The lowest BCUT2D eigenvalue weighted by Crippen LogP contribution is -2.53. The molecule has 44 heavy (non-hydrogen) atoms. The van der Waals surface area contributed by atoms with E-state index in [1.807, 2.05) is 0 Å². The number of sulfonamides is 1. The highest BCUT2D eigenvalue weighted by Gasteiger charge is 2.36. The minimum Gasteiger partial charge on any atom is -0.497 e. The summed E-state index contributed by atoms with van der Waals surface area (Å²) in [5.74, 6) is -0.522. The largest absolute Gasteiger partial charge is 0.497 e. The van der Waals surface area contributed by atoms with Crippen LogP contribution in [0.3, 0.4) is 0 Å². The summed E-state index contributed by atoms with van der Waals surface area (Å²) in [5.41, 5.74) is -0.735. The third-order valence-corrected chi connectivity index (χ3v) is 9.46. The van der Waals surface area contributed by atoms with Crippen molar-refractivity contribution in [2.75, 3.05) is 18.0 Å². The highest BCUT2D eigenvalue weighted by atomic mass is 32.2. The van der Waals surface area contributed by atoms with Gasteiger partial charge in [-0.1, -0.05) is 56.2 Å². The molecule has 4 rings (SSSR count). The van der Waals surface area contributed by atoms with Crippen molar-refractivity contribution in [3.63, 3.8) is 0 Å². The second-order valence-electron chi connectivity index (χ2n) is 10.7. The van der Waals surface area contributed by atoms with Gasteiger partial charge in [0.15, 0.2) is 0 Å². The summed E-state index contributed by atoms with van der Waals surface area (Å²) < 4.78 is 74.6. The first-order valence-electron chi connectivity index (χ1n) is 14.4. The van der Waals surface area contributed by atoms with E-state index in [1.165, 1.54) is 42.3 Å². The molecule has 236 valence electrons. The van der Waals surface area contributed by atoms with Crippen LogP contribution >= 0.6 is 0 Å². The van der Waals surface area contributed by atoms with Crippen LogP contribution in [-0.2, 0) is 32.3 Å². The zero-order valence-corrected chi connectivity index (χ0v) is 25.4. The molecule has 1 N–H and O–H groups in total. The van der Waals surface area contributed by atoms with Gasteiger partial charge in [-0.05, 0) is 67.3 Å². The number of amides is 2. The number of alkyl halides is 3. The fourth-order valence-corrected chi connectivity index (χ4v) is 6.73. The minimum atomic E-state index is -4.74. The molecule has 0 aromatic heterocycles. The fraction of sp³-hybridized carbons (Fsp3) is 0.375. The second-order valence-corrected chi connectivity index (χ2v) is 12.5. The molecular weight excluding hydrogens is 595 g/mol. The summed E-state index contributed by atoms with van der Waals surface area (Å²) in [5, 5.41) is 3.02. The molecule has 8 nitrogen and oxygen atoms in total. The quantitative estimate of drug-likeness (QED) is 0.274. The number of ether oxygens (including phenoxy) is 1. The predicted octanol–water partition coefficient (Wildman–Crippen LogP) is 5.78. The van der Waals surface area contributed by atoms with E-state index in [0.29, 0.717) is 21.7 Å². The predicted molar refractivity (Wildman–Crippen MR) is 160 cm³/mol. The zero-order chi connectivity index (χ0) is 31.9. The van der Waals surface area contributed by atoms with Crippen LogP contribution in [0.5, 0.6) is 5.75 Å². The normalized spacial score (nSPS) is 14.6. The molecule has 1 unspecified atom stereocenters. The Morgan fingerprint density at radius 2 is 1.64 bits per heavy atom. The van der Waals surface area contributed by atoms with Gasteiger partial charge in [0.05, 0.1) is 23.3 Å². The third kappa shape index (κ3) is 7.90. The van der Waals surface area contributed by atoms with E-state index in [2.05, 4.69) is 5.32 Å². The molecular formula is C32H36F3N3O5S. The van der Waals surface area contributed by atoms with Gasteiger partial charge in [-0.25, -0.2) is 8.42 Å². The van der Waals surface area contributed by atoms with Gasteiger partial charge in [0, 0.05) is 12.6 Å². The van der Waals surface area contributed by atoms with Crippen LogP contribution in [0.4, 0.5) is 18.9 Å². The number of hydrogen-bond acceptors (Lipinski definition) is 5. The molecule has 0 heterocycles. The Hall–Kier alpha value is -4.06. The van der Waals surface area contributed by atoms with Crippen LogP contribution in [0.1, 0.15) is 50.2 Å². The lowest BCUT2D eigenvalue weighted by molar-refractivity contribution is -0.140. The number of halogens is 3. The van der Waals surface area contributed by atoms with Crippen molar-refractivity contribution in [1.29, 1.82) is 0 Å². The average Bonchev–Trinajstić information content (AvgIpc) is 3.53. The summed E-state index contributed by atoms with van der Waals surface area (Å²) in [4.78, 5) is 28.8. The van der Waals surface area contributed by atoms with Crippen LogP contribution in [0, 0.1) is 0 Å². The fourth-order valence-electron chi connectivity index (χ4n) is 5.30. The van der Waals surface area contributed by atoms with Crippen molar-refractivity contribution < 1.29 is 35.9 Å². The van der Waals surface area contributed by atoms with E-state index in [-0.39, 0.29) is 35.5 Å². The Labute approximate surface area is 255 Å². The summed E-state index contributed by atoms with van der Waals surface area (Å²) in [6.07, 6.45) is -0.886. The van der Waals surface area contributed by atoms with Gasteiger partial charge >= 0.3 is 6.18 Å². The first-order chi connectivity index (χ1) is 20.9. The monoisotopic (exact) mass is 631 g/mol. The Morgan fingerprint density at radius 3 is 2.23 bits per heavy atom. The van der Waals surface area contributed by atoms with Crippen molar-refractivity contribution >= 4 is 27.5 Å². The first kappa shape index (κ1) is 32.8. The van der Waals surface area contributed by atoms with E-state index >= 15 is 0 Å². The van der Waals surface area contributed by atoms with Crippen molar-refractivity contribution in [2.24, 2.45) is 0 Å². The highest BCUT2D eigenvalue weighted by Crippen LogP contribution is 2.33. The van der Waals surface area contributed by atoms with Crippen LogP contribution in [0.2, 0.25) is 0 Å². The van der Waals surface area contributed by atoms with Crippen LogP contribution in [0.25, 0.3) is 0 Å². The molecule has 2 amide bonds. The van der Waals surface area contributed by atoms with E-state index in [1.54, 1.807) is 37.3 Å². The molecule has 1 aliphatic carbocycles. The summed E-state index contributed by atoms with van der Waals surface area (Å²) in [6, 6.07) is 16.9. The summed E-state index contributed by atoms with van der Waals surface area (Å²) >= 11 is 0. The molecule has 0 radical (unpaired) electrons. The van der Waals surface area contributed by atoms with Crippen LogP contribution in [0.15, 0.2) is 83.8 Å². The van der Waals surface area contributed by atoms with Gasteiger partial charge in [-0.3, -0.25) is 13.9 Å². The number of hydrogen-bond donors (Lipinski definition) is 1. The second kappa shape index (κ2) is 14.1. The van der Waals surface area contributed by atoms with Crippen molar-refractivity contribution in [2.45, 2.75) is 68.7 Å². The number of methoxy groups -OCH3 is 1. The molecule has 0 bridgehead atoms. The summed E-state index contributed by atoms with van der Waals surface area (Å²) in [6.45, 7) is 0.877. The Morgan fingerprint density at radius 1 is 0.977 bits per heavy atom. The highest BCUT2D eigenvalue weighted by molar-refractivity contribution is 7.92. The topological polar surface area (TPSA) is 96.0 Å². The van der Waals surface area contributed by atoms with Gasteiger partial charge < -0.3 is 15.0 Å². The Balaban J connectivity index is 1.74. The van der Waals surface area contributed by atoms with Crippen LogP contribution < -0.4 is 14.4 Å². The van der Waals surface area contributed by atoms with E-state index in [4.69, 9.17) is 4.74 Å². The molecule has 1 atom stereocenters. The molecule has 1 aliphatic rings. The molecule has 12 heteroatoms. The smallest absolute Gasteiger partial charge is 0.416 e. The van der Waals surface area contributed by atoms with Crippen molar-refractivity contribution in [3.05, 3.63) is 90.0 Å². The number of nitrogens with zero attached hydrogens (tertiary/aromatic N) is 2. The number of anilines is 1. The lowest BCUT2D eigenvalue weighted by Gasteiger charge is -2.34. The van der Waals surface area contributed by atoms with Crippen molar-refractivity contribution in [3.8, 4) is 5.75 Å². The van der Waals surface area contributed by atoms with E-state index in [9.17, 15) is 31.2 Å². The zero-order valence-electron chi connectivity index (χ0n) is 24.6. The molecule has 1 saturated carbocycles. The van der Waals surface area contributed by atoms with E-state index in [0.717, 1.165) is 37.8 Å². The standard InChI is InChI=1S/C32H36F3N3O5S/c1-3-29(31(40)36-25-11-7-8-12-25)37(21-23-16-18-27(43-2)19-17-23)30(39)22-38(44(41,42)28-14-5-4-6-15-28)26-13-9-10-24(20-26)32(33,34)35/h4-6,9-10,13-20,25,29H,3,7-8,11-12,21-22H2,1-2H3,(H,36,40). The lowest BCUT2D eigenvalue weighted by atomic mass is 10.1. The number of nitrogens with one attached hydrogen (secondary N) is 1. The maximum atomic E-state index is 14.1. The number of rotatable bonds is 12. The maximum absolute atomic E-state index is 14.1. The van der Waals surface area contributed by atoms with Gasteiger partial charge in [-0.2, -0.15) is 13.2 Å². The van der Waals surface area contributed by atoms with Crippen LogP contribution in [-0.4, -0.2) is 50.9 Å². The number of carbonyl (C=O) groups is 2. The minimum absolute atomic E-state index is 0.0189. The molecule has 1 fully saturated rings.